The summed E-state index contributed by atoms with van der Waals surface area (Å²) >= 11 is 0. The van der Waals surface area contributed by atoms with E-state index in [1.807, 2.05) is 66.8 Å². The van der Waals surface area contributed by atoms with E-state index in [-0.39, 0.29) is 17.6 Å². The standard InChI is InChI=1S/C30H45N3O5/c1-19(2)36-18-20(3)37-24-11-10-22(16-32-24)23-17-31-21(4)25(27(28(34)35)38-29(5,6)7)26(23)33-14-12-30(8,9)13-15-33/h10-11,16-17,19-20,27H,12-15,18H2,1-9H3,(H,34,35)/t20?,27-/m0/s1. The maximum atomic E-state index is 12.5. The monoisotopic (exact) mass is 527 g/mol. The summed E-state index contributed by atoms with van der Waals surface area (Å²) in [4.78, 5) is 24.0. The van der Waals surface area contributed by atoms with Gasteiger partial charge in [0, 0.05) is 53.9 Å². The third-order valence-electron chi connectivity index (χ3n) is 6.71. The molecule has 1 N–H and O–H groups in total. The molecule has 3 rings (SSSR count). The third-order valence-corrected chi connectivity index (χ3v) is 6.71. The summed E-state index contributed by atoms with van der Waals surface area (Å²) in [5.74, 6) is -0.519. The molecule has 8 nitrogen and oxygen atoms in total. The average Bonchev–Trinajstić information content (AvgIpc) is 2.81. The highest BCUT2D eigenvalue weighted by atomic mass is 16.5. The summed E-state index contributed by atoms with van der Waals surface area (Å²) in [6, 6.07) is 3.79. The van der Waals surface area contributed by atoms with Crippen molar-refractivity contribution in [3.63, 3.8) is 0 Å². The van der Waals surface area contributed by atoms with Gasteiger partial charge in [-0.15, -0.1) is 0 Å². The Bertz CT molecular complexity index is 1080. The molecule has 0 spiro atoms. The van der Waals surface area contributed by atoms with Crippen molar-refractivity contribution in [2.75, 3.05) is 24.6 Å². The van der Waals surface area contributed by atoms with Crippen LogP contribution >= 0.6 is 0 Å². The van der Waals surface area contributed by atoms with Gasteiger partial charge in [-0.1, -0.05) is 13.8 Å². The second-order valence-electron chi connectivity index (χ2n) is 12.3. The van der Waals surface area contributed by atoms with Crippen LogP contribution in [-0.4, -0.2) is 58.5 Å². The number of carboxylic acid groups (broad SMARTS) is 1. The van der Waals surface area contributed by atoms with E-state index in [4.69, 9.17) is 14.2 Å². The highest BCUT2D eigenvalue weighted by Crippen LogP contribution is 2.43. The molecule has 8 heteroatoms. The van der Waals surface area contributed by atoms with Crippen LogP contribution < -0.4 is 9.64 Å². The predicted molar refractivity (Wildman–Crippen MR) is 150 cm³/mol. The number of piperidine rings is 1. The summed E-state index contributed by atoms with van der Waals surface area (Å²) < 4.78 is 17.7. The molecule has 0 saturated carbocycles. The lowest BCUT2D eigenvalue weighted by atomic mass is 9.82. The minimum absolute atomic E-state index is 0.135. The second kappa shape index (κ2) is 12.0. The summed E-state index contributed by atoms with van der Waals surface area (Å²) in [5, 5.41) is 10.3. The zero-order valence-corrected chi connectivity index (χ0v) is 24.5. The molecular weight excluding hydrogens is 482 g/mol. The Morgan fingerprint density at radius 1 is 1.11 bits per heavy atom. The van der Waals surface area contributed by atoms with Gasteiger partial charge in [-0.05, 0) is 72.8 Å². The van der Waals surface area contributed by atoms with Gasteiger partial charge < -0.3 is 24.2 Å². The van der Waals surface area contributed by atoms with Crippen LogP contribution in [0.25, 0.3) is 11.1 Å². The van der Waals surface area contributed by atoms with Gasteiger partial charge in [0.2, 0.25) is 5.88 Å². The lowest BCUT2D eigenvalue weighted by molar-refractivity contribution is -0.160. The number of rotatable bonds is 10. The van der Waals surface area contributed by atoms with Gasteiger partial charge in [0.05, 0.1) is 24.0 Å². The number of aliphatic carboxylic acids is 1. The van der Waals surface area contributed by atoms with Gasteiger partial charge >= 0.3 is 5.97 Å². The van der Waals surface area contributed by atoms with Crippen LogP contribution in [-0.2, 0) is 14.3 Å². The van der Waals surface area contributed by atoms with E-state index >= 15 is 0 Å². The molecule has 38 heavy (non-hydrogen) atoms. The van der Waals surface area contributed by atoms with Gasteiger partial charge in [0.15, 0.2) is 6.10 Å². The summed E-state index contributed by atoms with van der Waals surface area (Å²) in [7, 11) is 0. The molecule has 0 bridgehead atoms. The van der Waals surface area contributed by atoms with Gasteiger partial charge in [-0.2, -0.15) is 0 Å². The first-order chi connectivity index (χ1) is 17.7. The van der Waals surface area contributed by atoms with Crippen LogP contribution in [0.4, 0.5) is 5.69 Å². The first-order valence-electron chi connectivity index (χ1n) is 13.6. The summed E-state index contributed by atoms with van der Waals surface area (Å²) in [6.45, 7) is 20.1. The fraction of sp³-hybridized carbons (Fsp3) is 0.633. The van der Waals surface area contributed by atoms with Crippen LogP contribution in [0.15, 0.2) is 24.5 Å². The minimum atomic E-state index is -1.15. The van der Waals surface area contributed by atoms with E-state index in [1.165, 1.54) is 0 Å². The molecule has 1 aliphatic rings. The summed E-state index contributed by atoms with van der Waals surface area (Å²) in [5.41, 5.74) is 3.38. The normalized spacial score (nSPS) is 17.4. The largest absolute Gasteiger partial charge is 0.479 e. The fourth-order valence-corrected chi connectivity index (χ4v) is 4.57. The van der Waals surface area contributed by atoms with Crippen molar-refractivity contribution >= 4 is 11.7 Å². The van der Waals surface area contributed by atoms with Crippen molar-refractivity contribution in [1.82, 2.24) is 9.97 Å². The van der Waals surface area contributed by atoms with Gasteiger partial charge in [0.1, 0.15) is 6.10 Å². The molecule has 1 fully saturated rings. The Kier molecular flexibility index (Phi) is 9.42. The SMILES string of the molecule is Cc1ncc(-c2ccc(OC(C)COC(C)C)nc2)c(N2CCC(C)(C)CC2)c1[C@H](OC(C)(C)C)C(=O)O. The fourth-order valence-electron chi connectivity index (χ4n) is 4.57. The van der Waals surface area contributed by atoms with Gasteiger partial charge in [0.25, 0.3) is 0 Å². The van der Waals surface area contributed by atoms with Crippen molar-refractivity contribution in [3.8, 4) is 17.0 Å². The van der Waals surface area contributed by atoms with Crippen LogP contribution in [0.3, 0.4) is 0 Å². The van der Waals surface area contributed by atoms with E-state index in [9.17, 15) is 9.90 Å². The van der Waals surface area contributed by atoms with Crippen molar-refractivity contribution < 1.29 is 24.1 Å². The number of hydrogen-bond acceptors (Lipinski definition) is 7. The predicted octanol–water partition coefficient (Wildman–Crippen LogP) is 6.21. The maximum Gasteiger partial charge on any atom is 0.337 e. The van der Waals surface area contributed by atoms with Gasteiger partial charge in [-0.3, -0.25) is 4.98 Å². The molecule has 1 saturated heterocycles. The van der Waals surface area contributed by atoms with Crippen molar-refractivity contribution in [2.45, 2.75) is 99.1 Å². The van der Waals surface area contributed by atoms with Crippen LogP contribution in [0, 0.1) is 12.3 Å². The lowest BCUT2D eigenvalue weighted by Crippen LogP contribution is -2.39. The lowest BCUT2D eigenvalue weighted by Gasteiger charge is -2.40. The third kappa shape index (κ3) is 7.90. The van der Waals surface area contributed by atoms with Crippen LogP contribution in [0.2, 0.25) is 0 Å². The molecule has 0 aliphatic carbocycles. The zero-order chi connectivity index (χ0) is 28.3. The number of ether oxygens (including phenoxy) is 3. The van der Waals surface area contributed by atoms with Crippen molar-refractivity contribution in [2.24, 2.45) is 5.41 Å². The number of nitrogens with zero attached hydrogens (tertiary/aromatic N) is 3. The van der Waals surface area contributed by atoms with Crippen molar-refractivity contribution in [3.05, 3.63) is 35.8 Å². The maximum absolute atomic E-state index is 12.5. The number of hydrogen-bond donors (Lipinski definition) is 1. The van der Waals surface area contributed by atoms with E-state index in [0.29, 0.717) is 23.7 Å². The topological polar surface area (TPSA) is 94.0 Å². The summed E-state index contributed by atoms with van der Waals surface area (Å²) in [6.07, 6.45) is 4.44. The van der Waals surface area contributed by atoms with Crippen LogP contribution in [0.1, 0.15) is 85.6 Å². The number of aryl methyl sites for hydroxylation is 1. The molecule has 2 atom stereocenters. The number of carbonyl (C=O) groups is 1. The molecule has 0 amide bonds. The Morgan fingerprint density at radius 2 is 1.76 bits per heavy atom. The van der Waals surface area contributed by atoms with E-state index in [1.54, 1.807) is 6.20 Å². The zero-order valence-electron chi connectivity index (χ0n) is 24.5. The number of anilines is 1. The molecule has 1 aliphatic heterocycles. The Hall–Kier alpha value is -2.71. The molecule has 0 aromatic carbocycles. The highest BCUT2D eigenvalue weighted by Gasteiger charge is 2.35. The number of aromatic nitrogens is 2. The molecule has 3 heterocycles. The van der Waals surface area contributed by atoms with Gasteiger partial charge in [-0.25, -0.2) is 9.78 Å². The first-order valence-corrected chi connectivity index (χ1v) is 13.6. The van der Waals surface area contributed by atoms with E-state index in [0.717, 1.165) is 42.7 Å². The van der Waals surface area contributed by atoms with Crippen LogP contribution in [0.5, 0.6) is 5.88 Å². The highest BCUT2D eigenvalue weighted by molar-refractivity contribution is 5.86. The molecule has 2 aromatic heterocycles. The first kappa shape index (κ1) is 29.8. The molecule has 0 radical (unpaired) electrons. The Labute approximate surface area is 227 Å². The van der Waals surface area contributed by atoms with E-state index < -0.39 is 17.7 Å². The van der Waals surface area contributed by atoms with E-state index in [2.05, 4.69) is 28.7 Å². The Morgan fingerprint density at radius 3 is 2.29 bits per heavy atom. The van der Waals surface area contributed by atoms with Crippen molar-refractivity contribution in [1.29, 1.82) is 0 Å². The second-order valence-corrected chi connectivity index (χ2v) is 12.3. The smallest absolute Gasteiger partial charge is 0.337 e. The quantitative estimate of drug-likeness (QED) is 0.390. The molecule has 210 valence electrons. The number of carboxylic acids is 1. The number of pyridine rings is 2. The minimum Gasteiger partial charge on any atom is -0.479 e. The molecule has 1 unspecified atom stereocenters. The Balaban J connectivity index is 2.05. The molecular formula is C30H45N3O5. The average molecular weight is 528 g/mol. The molecule has 2 aromatic rings.